The standard InChI is InChI=1S/C11H24OS3/c1-7(13)5-6-11(8(2)12)15-10(4)9(3)14/h7-14H,5-6H2,1-4H3. The van der Waals surface area contributed by atoms with Gasteiger partial charge in [0.25, 0.3) is 0 Å². The summed E-state index contributed by atoms with van der Waals surface area (Å²) in [7, 11) is 0. The summed E-state index contributed by atoms with van der Waals surface area (Å²) in [4.78, 5) is 0. The van der Waals surface area contributed by atoms with Crippen molar-refractivity contribution in [3.8, 4) is 0 Å². The van der Waals surface area contributed by atoms with Gasteiger partial charge in [0.15, 0.2) is 0 Å². The van der Waals surface area contributed by atoms with Crippen LogP contribution >= 0.6 is 37.0 Å². The first-order chi connectivity index (χ1) is 6.84. The topological polar surface area (TPSA) is 20.2 Å². The lowest BCUT2D eigenvalue weighted by molar-refractivity contribution is 0.187. The van der Waals surface area contributed by atoms with Gasteiger partial charge in [0, 0.05) is 15.7 Å². The van der Waals surface area contributed by atoms with Crippen molar-refractivity contribution in [2.75, 3.05) is 0 Å². The van der Waals surface area contributed by atoms with Crippen molar-refractivity contribution >= 4 is 37.0 Å². The molecule has 0 aromatic rings. The summed E-state index contributed by atoms with van der Waals surface area (Å²) in [5.74, 6) is 0. The zero-order valence-electron chi connectivity index (χ0n) is 10.1. The minimum Gasteiger partial charge on any atom is -0.392 e. The highest BCUT2D eigenvalue weighted by Crippen LogP contribution is 2.29. The monoisotopic (exact) mass is 268 g/mol. The van der Waals surface area contributed by atoms with E-state index in [1.165, 1.54) is 0 Å². The first-order valence-corrected chi connectivity index (χ1v) is 7.51. The molecule has 0 radical (unpaired) electrons. The zero-order valence-corrected chi connectivity index (χ0v) is 12.7. The van der Waals surface area contributed by atoms with Crippen LogP contribution in [0.1, 0.15) is 40.5 Å². The zero-order chi connectivity index (χ0) is 12.0. The first-order valence-electron chi connectivity index (χ1n) is 5.54. The summed E-state index contributed by atoms with van der Waals surface area (Å²) in [6.07, 6.45) is 1.83. The van der Waals surface area contributed by atoms with E-state index < -0.39 is 0 Å². The van der Waals surface area contributed by atoms with E-state index in [2.05, 4.69) is 46.0 Å². The third kappa shape index (κ3) is 7.83. The predicted octanol–water partition coefficient (Wildman–Crippen LogP) is 3.27. The third-order valence-electron chi connectivity index (χ3n) is 2.48. The summed E-state index contributed by atoms with van der Waals surface area (Å²) >= 11 is 10.6. The summed E-state index contributed by atoms with van der Waals surface area (Å²) in [5.41, 5.74) is 0. The number of rotatable bonds is 7. The highest BCUT2D eigenvalue weighted by Gasteiger charge is 2.20. The highest BCUT2D eigenvalue weighted by molar-refractivity contribution is 8.01. The van der Waals surface area contributed by atoms with Gasteiger partial charge in [-0.3, -0.25) is 0 Å². The van der Waals surface area contributed by atoms with Gasteiger partial charge in [-0.2, -0.15) is 37.0 Å². The van der Waals surface area contributed by atoms with Crippen molar-refractivity contribution in [2.45, 2.75) is 67.6 Å². The van der Waals surface area contributed by atoms with Crippen LogP contribution in [-0.4, -0.2) is 32.2 Å². The molecule has 4 heteroatoms. The molecule has 5 atom stereocenters. The Morgan fingerprint density at radius 3 is 1.93 bits per heavy atom. The fourth-order valence-corrected chi connectivity index (χ4v) is 2.86. The molecule has 0 rings (SSSR count). The van der Waals surface area contributed by atoms with Crippen LogP contribution in [-0.2, 0) is 0 Å². The van der Waals surface area contributed by atoms with Gasteiger partial charge in [-0.25, -0.2) is 0 Å². The van der Waals surface area contributed by atoms with Crippen molar-refractivity contribution in [1.82, 2.24) is 0 Å². The molecule has 0 aromatic heterocycles. The van der Waals surface area contributed by atoms with Gasteiger partial charge in [-0.05, 0) is 25.0 Å². The summed E-state index contributed by atoms with van der Waals surface area (Å²) in [6.45, 7) is 8.23. The van der Waals surface area contributed by atoms with Crippen LogP contribution in [0.15, 0.2) is 0 Å². The number of aliphatic hydroxyl groups is 1. The van der Waals surface area contributed by atoms with Crippen LogP contribution in [0.3, 0.4) is 0 Å². The van der Waals surface area contributed by atoms with Gasteiger partial charge in [-0.1, -0.05) is 20.8 Å². The number of hydrogen-bond acceptors (Lipinski definition) is 4. The molecule has 0 saturated carbocycles. The maximum absolute atomic E-state index is 9.68. The van der Waals surface area contributed by atoms with E-state index in [-0.39, 0.29) is 6.10 Å². The molecule has 0 aromatic carbocycles. The van der Waals surface area contributed by atoms with E-state index in [1.54, 1.807) is 0 Å². The fourth-order valence-electron chi connectivity index (χ4n) is 1.22. The lowest BCUT2D eigenvalue weighted by atomic mass is 10.1. The number of hydrogen-bond donors (Lipinski definition) is 3. The quantitative estimate of drug-likeness (QED) is 0.616. The van der Waals surface area contributed by atoms with E-state index in [0.29, 0.717) is 21.0 Å². The van der Waals surface area contributed by atoms with Gasteiger partial charge in [0.05, 0.1) is 6.10 Å². The Morgan fingerprint density at radius 1 is 1.07 bits per heavy atom. The molecule has 0 saturated heterocycles. The SMILES string of the molecule is CC(S)CCC(SC(C)C(C)S)C(C)O. The average Bonchev–Trinajstić information content (AvgIpc) is 2.10. The fraction of sp³-hybridized carbons (Fsp3) is 1.00. The van der Waals surface area contributed by atoms with Gasteiger partial charge in [0.1, 0.15) is 0 Å². The molecule has 0 fully saturated rings. The second-order valence-electron chi connectivity index (χ2n) is 4.29. The lowest BCUT2D eigenvalue weighted by Gasteiger charge is -2.25. The molecule has 0 aliphatic heterocycles. The highest BCUT2D eigenvalue weighted by atomic mass is 32.2. The van der Waals surface area contributed by atoms with E-state index in [9.17, 15) is 5.11 Å². The van der Waals surface area contributed by atoms with E-state index in [1.807, 2.05) is 18.7 Å². The van der Waals surface area contributed by atoms with Gasteiger partial charge in [-0.15, -0.1) is 0 Å². The summed E-state index contributed by atoms with van der Waals surface area (Å²) in [5, 5.41) is 11.2. The molecule has 0 amide bonds. The molecule has 15 heavy (non-hydrogen) atoms. The Hall–Kier alpha value is 1.01. The third-order valence-corrected chi connectivity index (χ3v) is 5.20. The second kappa shape index (κ2) is 8.15. The molecule has 0 spiro atoms. The maximum Gasteiger partial charge on any atom is 0.0630 e. The molecule has 0 heterocycles. The van der Waals surface area contributed by atoms with Gasteiger partial charge < -0.3 is 5.11 Å². The average molecular weight is 269 g/mol. The van der Waals surface area contributed by atoms with Crippen molar-refractivity contribution < 1.29 is 5.11 Å². The molecular weight excluding hydrogens is 244 g/mol. The Bertz CT molecular complexity index is 160. The Labute approximate surface area is 110 Å². The summed E-state index contributed by atoms with van der Waals surface area (Å²) in [6, 6.07) is 0. The molecule has 5 unspecified atom stereocenters. The van der Waals surface area contributed by atoms with Crippen molar-refractivity contribution in [3.63, 3.8) is 0 Å². The van der Waals surface area contributed by atoms with Gasteiger partial charge in [0.2, 0.25) is 0 Å². The van der Waals surface area contributed by atoms with Gasteiger partial charge >= 0.3 is 0 Å². The van der Waals surface area contributed by atoms with Crippen molar-refractivity contribution in [2.24, 2.45) is 0 Å². The van der Waals surface area contributed by atoms with Crippen LogP contribution in [0.5, 0.6) is 0 Å². The Morgan fingerprint density at radius 2 is 1.60 bits per heavy atom. The number of aliphatic hydroxyl groups excluding tert-OH is 1. The van der Waals surface area contributed by atoms with Crippen LogP contribution in [0.25, 0.3) is 0 Å². The molecule has 92 valence electrons. The van der Waals surface area contributed by atoms with Crippen LogP contribution in [0.2, 0.25) is 0 Å². The smallest absolute Gasteiger partial charge is 0.0630 e. The predicted molar refractivity (Wildman–Crippen MR) is 78.7 cm³/mol. The second-order valence-corrected chi connectivity index (χ2v) is 7.60. The molecule has 1 nitrogen and oxygen atoms in total. The maximum atomic E-state index is 9.68. The molecule has 0 bridgehead atoms. The van der Waals surface area contributed by atoms with Crippen molar-refractivity contribution in [3.05, 3.63) is 0 Å². The van der Waals surface area contributed by atoms with E-state index >= 15 is 0 Å². The van der Waals surface area contributed by atoms with Crippen LogP contribution < -0.4 is 0 Å². The molecule has 1 N–H and O–H groups in total. The summed E-state index contributed by atoms with van der Waals surface area (Å²) < 4.78 is 0. The normalized spacial score (nSPS) is 21.8. The Balaban J connectivity index is 4.04. The number of thioether (sulfide) groups is 1. The minimum atomic E-state index is -0.253. The molecular formula is C11H24OS3. The van der Waals surface area contributed by atoms with Crippen molar-refractivity contribution in [1.29, 1.82) is 0 Å². The Kier molecular flexibility index (Phi) is 8.70. The van der Waals surface area contributed by atoms with Crippen LogP contribution in [0, 0.1) is 0 Å². The van der Waals surface area contributed by atoms with Crippen LogP contribution in [0.4, 0.5) is 0 Å². The lowest BCUT2D eigenvalue weighted by Crippen LogP contribution is -2.25. The number of thiol groups is 2. The minimum absolute atomic E-state index is 0.253. The largest absolute Gasteiger partial charge is 0.392 e. The van der Waals surface area contributed by atoms with E-state index in [4.69, 9.17) is 0 Å². The van der Waals surface area contributed by atoms with E-state index in [0.717, 1.165) is 12.8 Å². The molecule has 0 aliphatic carbocycles. The first kappa shape index (κ1) is 16.0. The molecule has 0 aliphatic rings.